The molecule has 0 amide bonds. The first-order valence-electron chi connectivity index (χ1n) is 9.73. The number of H-pyrrole nitrogens is 1. The number of benzene rings is 2. The van der Waals surface area contributed by atoms with Crippen molar-refractivity contribution in [1.82, 2.24) is 24.9 Å². The number of rotatable bonds is 5. The summed E-state index contributed by atoms with van der Waals surface area (Å²) < 4.78 is 6.19. The van der Waals surface area contributed by atoms with Crippen molar-refractivity contribution in [3.63, 3.8) is 0 Å². The largest absolute Gasteiger partial charge is 0.438 e. The van der Waals surface area contributed by atoms with Crippen LogP contribution in [-0.2, 0) is 0 Å². The normalized spacial score (nSPS) is 12.2. The SMILES string of the molecule is Cc1cccc2cc(C(C)Nc3ncnc4nc[nH]c34)nc(Oc3ccccc3)c12. The van der Waals surface area contributed by atoms with Gasteiger partial charge in [-0.2, -0.15) is 0 Å². The summed E-state index contributed by atoms with van der Waals surface area (Å²) >= 11 is 0. The average molecular weight is 396 g/mol. The molecule has 5 rings (SSSR count). The number of nitrogens with zero attached hydrogens (tertiary/aromatic N) is 4. The van der Waals surface area contributed by atoms with Crippen LogP contribution in [0, 0.1) is 6.92 Å². The van der Waals surface area contributed by atoms with Crippen molar-refractivity contribution >= 4 is 27.8 Å². The molecule has 2 N–H and O–H groups in total. The van der Waals surface area contributed by atoms with Crippen LogP contribution in [0.1, 0.15) is 24.2 Å². The molecule has 0 aliphatic carbocycles. The van der Waals surface area contributed by atoms with E-state index in [0.717, 1.165) is 33.3 Å². The predicted octanol–water partition coefficient (Wildman–Crippen LogP) is 5.17. The van der Waals surface area contributed by atoms with Gasteiger partial charge in [-0.05, 0) is 43.0 Å². The fourth-order valence-corrected chi connectivity index (χ4v) is 3.52. The number of hydrogen-bond donors (Lipinski definition) is 2. The van der Waals surface area contributed by atoms with E-state index < -0.39 is 0 Å². The van der Waals surface area contributed by atoms with E-state index in [1.54, 1.807) is 6.33 Å². The zero-order valence-corrected chi connectivity index (χ0v) is 16.6. The Balaban J connectivity index is 1.56. The Morgan fingerprint density at radius 3 is 2.73 bits per heavy atom. The van der Waals surface area contributed by atoms with Gasteiger partial charge in [0.25, 0.3) is 0 Å². The number of para-hydroxylation sites is 1. The predicted molar refractivity (Wildman–Crippen MR) is 117 cm³/mol. The third-order valence-corrected chi connectivity index (χ3v) is 5.03. The van der Waals surface area contributed by atoms with Crippen molar-refractivity contribution in [2.45, 2.75) is 19.9 Å². The Morgan fingerprint density at radius 2 is 1.87 bits per heavy atom. The summed E-state index contributed by atoms with van der Waals surface area (Å²) in [5.41, 5.74) is 3.36. The highest BCUT2D eigenvalue weighted by atomic mass is 16.5. The van der Waals surface area contributed by atoms with Crippen LogP contribution in [0.3, 0.4) is 0 Å². The number of aryl methyl sites for hydroxylation is 1. The highest BCUT2D eigenvalue weighted by Gasteiger charge is 2.16. The summed E-state index contributed by atoms with van der Waals surface area (Å²) in [4.78, 5) is 20.7. The summed E-state index contributed by atoms with van der Waals surface area (Å²) in [6.45, 7) is 4.11. The second-order valence-corrected chi connectivity index (χ2v) is 7.13. The maximum Gasteiger partial charge on any atom is 0.227 e. The Hall–Kier alpha value is -4.00. The smallest absolute Gasteiger partial charge is 0.227 e. The van der Waals surface area contributed by atoms with Crippen LogP contribution in [0.5, 0.6) is 11.6 Å². The van der Waals surface area contributed by atoms with Crippen molar-refractivity contribution in [2.24, 2.45) is 0 Å². The standard InChI is InChI=1S/C23H20N6O/c1-14-7-6-8-16-11-18(29-23(19(14)16)30-17-9-4-3-5-10-17)15(2)28-22-20-21(25-12-24-20)26-13-27-22/h3-13,15H,1-2H3,(H2,24,25,26,27,28). The lowest BCUT2D eigenvalue weighted by atomic mass is 10.0. The van der Waals surface area contributed by atoms with Gasteiger partial charge >= 0.3 is 0 Å². The van der Waals surface area contributed by atoms with Crippen molar-refractivity contribution < 1.29 is 4.74 Å². The first-order chi connectivity index (χ1) is 14.7. The lowest BCUT2D eigenvalue weighted by Crippen LogP contribution is -2.11. The molecule has 0 fully saturated rings. The van der Waals surface area contributed by atoms with E-state index in [1.807, 2.05) is 43.3 Å². The molecule has 3 aromatic heterocycles. The van der Waals surface area contributed by atoms with E-state index in [0.29, 0.717) is 17.3 Å². The Bertz CT molecular complexity index is 1330. The minimum absolute atomic E-state index is 0.116. The molecule has 0 aliphatic rings. The van der Waals surface area contributed by atoms with Crippen LogP contribution in [-0.4, -0.2) is 24.9 Å². The van der Waals surface area contributed by atoms with Gasteiger partial charge in [0, 0.05) is 5.39 Å². The lowest BCUT2D eigenvalue weighted by Gasteiger charge is -2.17. The second kappa shape index (κ2) is 7.44. The first kappa shape index (κ1) is 18.1. The van der Waals surface area contributed by atoms with Crippen LogP contribution in [0.15, 0.2) is 67.3 Å². The summed E-state index contributed by atoms with van der Waals surface area (Å²) in [5, 5.41) is 5.50. The van der Waals surface area contributed by atoms with Gasteiger partial charge in [0.1, 0.15) is 17.6 Å². The molecular weight excluding hydrogens is 376 g/mol. The molecule has 2 aromatic carbocycles. The van der Waals surface area contributed by atoms with E-state index in [9.17, 15) is 0 Å². The van der Waals surface area contributed by atoms with Gasteiger partial charge in [-0.1, -0.05) is 36.4 Å². The van der Waals surface area contributed by atoms with Gasteiger partial charge in [-0.3, -0.25) is 0 Å². The third kappa shape index (κ3) is 3.30. The van der Waals surface area contributed by atoms with Crippen molar-refractivity contribution in [3.8, 4) is 11.6 Å². The number of fused-ring (bicyclic) bond motifs is 2. The number of nitrogens with one attached hydrogen (secondary N) is 2. The maximum absolute atomic E-state index is 6.19. The van der Waals surface area contributed by atoms with Crippen LogP contribution in [0.4, 0.5) is 5.82 Å². The summed E-state index contributed by atoms with van der Waals surface area (Å²) in [6, 6.07) is 17.9. The molecule has 0 spiro atoms. The van der Waals surface area contributed by atoms with E-state index in [2.05, 4.69) is 50.4 Å². The Labute approximate surface area is 173 Å². The van der Waals surface area contributed by atoms with Gasteiger partial charge in [0.15, 0.2) is 11.5 Å². The van der Waals surface area contributed by atoms with Crippen LogP contribution in [0.2, 0.25) is 0 Å². The molecule has 7 nitrogen and oxygen atoms in total. The number of anilines is 1. The molecule has 1 unspecified atom stereocenters. The number of aromatic nitrogens is 5. The van der Waals surface area contributed by atoms with Crippen LogP contribution in [0.25, 0.3) is 21.9 Å². The highest BCUT2D eigenvalue weighted by molar-refractivity contribution is 5.90. The minimum atomic E-state index is -0.116. The summed E-state index contributed by atoms with van der Waals surface area (Å²) in [7, 11) is 0. The van der Waals surface area contributed by atoms with Gasteiger partial charge < -0.3 is 15.0 Å². The third-order valence-electron chi connectivity index (χ3n) is 5.03. The Kier molecular flexibility index (Phi) is 4.48. The number of imidazole rings is 1. The van der Waals surface area contributed by atoms with E-state index in [4.69, 9.17) is 9.72 Å². The zero-order valence-electron chi connectivity index (χ0n) is 16.6. The van der Waals surface area contributed by atoms with E-state index >= 15 is 0 Å². The number of ether oxygens (including phenoxy) is 1. The molecule has 7 heteroatoms. The van der Waals surface area contributed by atoms with E-state index in [1.165, 1.54) is 6.33 Å². The molecular formula is C23H20N6O. The average Bonchev–Trinajstić information content (AvgIpc) is 3.24. The minimum Gasteiger partial charge on any atom is -0.438 e. The molecule has 0 radical (unpaired) electrons. The molecule has 0 saturated heterocycles. The maximum atomic E-state index is 6.19. The molecule has 30 heavy (non-hydrogen) atoms. The second-order valence-electron chi connectivity index (χ2n) is 7.13. The number of pyridine rings is 1. The number of hydrogen-bond acceptors (Lipinski definition) is 6. The van der Waals surface area contributed by atoms with Gasteiger partial charge in [0.05, 0.1) is 18.1 Å². The monoisotopic (exact) mass is 396 g/mol. The zero-order chi connectivity index (χ0) is 20.5. The Morgan fingerprint density at radius 1 is 1.00 bits per heavy atom. The molecule has 5 aromatic rings. The lowest BCUT2D eigenvalue weighted by molar-refractivity contribution is 0.466. The van der Waals surface area contributed by atoms with Gasteiger partial charge in [-0.15, -0.1) is 0 Å². The van der Waals surface area contributed by atoms with Gasteiger partial charge in [-0.25, -0.2) is 19.9 Å². The van der Waals surface area contributed by atoms with Gasteiger partial charge in [0.2, 0.25) is 5.88 Å². The highest BCUT2D eigenvalue weighted by Crippen LogP contribution is 2.33. The van der Waals surface area contributed by atoms with Crippen LogP contribution >= 0.6 is 0 Å². The quantitative estimate of drug-likeness (QED) is 0.426. The molecule has 3 heterocycles. The first-order valence-corrected chi connectivity index (χ1v) is 9.73. The fourth-order valence-electron chi connectivity index (χ4n) is 3.52. The summed E-state index contributed by atoms with van der Waals surface area (Å²) in [5.74, 6) is 2.03. The van der Waals surface area contributed by atoms with Crippen molar-refractivity contribution in [1.29, 1.82) is 0 Å². The van der Waals surface area contributed by atoms with Crippen molar-refractivity contribution in [2.75, 3.05) is 5.32 Å². The van der Waals surface area contributed by atoms with Crippen molar-refractivity contribution in [3.05, 3.63) is 78.5 Å². The molecule has 0 bridgehead atoms. The molecule has 148 valence electrons. The van der Waals surface area contributed by atoms with Crippen LogP contribution < -0.4 is 10.1 Å². The fraction of sp³-hybridized carbons (Fsp3) is 0.130. The molecule has 1 atom stereocenters. The molecule has 0 saturated carbocycles. The molecule has 0 aliphatic heterocycles. The number of aromatic amines is 1. The summed E-state index contributed by atoms with van der Waals surface area (Å²) in [6.07, 6.45) is 3.11. The van der Waals surface area contributed by atoms with E-state index in [-0.39, 0.29) is 6.04 Å². The topological polar surface area (TPSA) is 88.6 Å².